The Morgan fingerprint density at radius 3 is 2.71 bits per heavy atom. The molecule has 4 heteroatoms. The lowest BCUT2D eigenvalue weighted by Gasteiger charge is -2.35. The average molecular weight is 240 g/mol. The minimum atomic E-state index is 0.877. The Morgan fingerprint density at radius 1 is 1.24 bits per heavy atom. The second-order valence-electron chi connectivity index (χ2n) is 5.82. The van der Waals surface area contributed by atoms with Crippen LogP contribution in [-0.4, -0.2) is 81.3 Å². The molecule has 2 aliphatic heterocycles. The Hall–Kier alpha value is -0.160. The van der Waals surface area contributed by atoms with E-state index >= 15 is 0 Å². The maximum atomic E-state index is 3.41. The molecular weight excluding hydrogens is 212 g/mol. The Kier molecular flexibility index (Phi) is 5.22. The first-order valence-electron chi connectivity index (χ1n) is 7.04. The van der Waals surface area contributed by atoms with Crippen LogP contribution in [0.4, 0.5) is 0 Å². The van der Waals surface area contributed by atoms with Crippen molar-refractivity contribution in [1.29, 1.82) is 0 Å². The molecule has 2 saturated heterocycles. The zero-order valence-electron chi connectivity index (χ0n) is 11.5. The van der Waals surface area contributed by atoms with E-state index in [9.17, 15) is 0 Å². The second-order valence-corrected chi connectivity index (χ2v) is 5.82. The van der Waals surface area contributed by atoms with E-state index in [1.54, 1.807) is 0 Å². The number of rotatable bonds is 4. The maximum absolute atomic E-state index is 3.41. The smallest absolute Gasteiger partial charge is 0.0504 e. The zero-order chi connectivity index (χ0) is 12.1. The summed E-state index contributed by atoms with van der Waals surface area (Å²) in [6.07, 6.45) is 2.79. The highest BCUT2D eigenvalue weighted by Gasteiger charge is 2.19. The number of nitrogens with one attached hydrogen (secondary N) is 1. The fraction of sp³-hybridized carbons (Fsp3) is 1.00. The summed E-state index contributed by atoms with van der Waals surface area (Å²) in [6.45, 7) is 9.68. The number of piperazine rings is 1. The molecule has 0 aromatic carbocycles. The molecule has 1 atom stereocenters. The summed E-state index contributed by atoms with van der Waals surface area (Å²) in [6, 6.07) is 0. The van der Waals surface area contributed by atoms with E-state index < -0.39 is 0 Å². The monoisotopic (exact) mass is 240 g/mol. The molecule has 100 valence electrons. The predicted molar refractivity (Wildman–Crippen MR) is 72.2 cm³/mol. The van der Waals surface area contributed by atoms with Crippen LogP contribution in [0.3, 0.4) is 0 Å². The molecule has 1 N–H and O–H groups in total. The third-order valence-electron chi connectivity index (χ3n) is 3.94. The molecule has 2 heterocycles. The zero-order valence-corrected chi connectivity index (χ0v) is 11.5. The molecule has 0 saturated carbocycles. The first kappa shape index (κ1) is 13.3. The molecule has 0 aromatic rings. The minimum absolute atomic E-state index is 0.877. The Balaban J connectivity index is 1.66. The summed E-state index contributed by atoms with van der Waals surface area (Å²) in [7, 11) is 4.53. The van der Waals surface area contributed by atoms with E-state index in [0.717, 1.165) is 25.7 Å². The van der Waals surface area contributed by atoms with Gasteiger partial charge in [0, 0.05) is 39.3 Å². The van der Waals surface area contributed by atoms with Gasteiger partial charge in [-0.2, -0.15) is 0 Å². The SMILES string of the molecule is CN1CCCC(CN(C)CN2CCNCC2)C1. The van der Waals surface area contributed by atoms with Crippen molar-refractivity contribution in [3.05, 3.63) is 0 Å². The van der Waals surface area contributed by atoms with Gasteiger partial charge in [0.15, 0.2) is 0 Å². The van der Waals surface area contributed by atoms with Crippen LogP contribution in [0, 0.1) is 5.92 Å². The van der Waals surface area contributed by atoms with Gasteiger partial charge < -0.3 is 10.2 Å². The number of nitrogens with zero attached hydrogens (tertiary/aromatic N) is 3. The minimum Gasteiger partial charge on any atom is -0.314 e. The van der Waals surface area contributed by atoms with Gasteiger partial charge in [-0.3, -0.25) is 9.80 Å². The number of likely N-dealkylation sites (tertiary alicyclic amines) is 1. The summed E-state index contributed by atoms with van der Waals surface area (Å²) >= 11 is 0. The highest BCUT2D eigenvalue weighted by molar-refractivity contribution is 4.74. The first-order valence-corrected chi connectivity index (χ1v) is 7.04. The van der Waals surface area contributed by atoms with Gasteiger partial charge in [-0.05, 0) is 39.4 Å². The predicted octanol–water partition coefficient (Wildman–Crippen LogP) is 0.123. The third kappa shape index (κ3) is 4.54. The van der Waals surface area contributed by atoms with E-state index in [4.69, 9.17) is 0 Å². The van der Waals surface area contributed by atoms with Crippen LogP contribution in [0.5, 0.6) is 0 Å². The van der Waals surface area contributed by atoms with Crippen molar-refractivity contribution in [3.63, 3.8) is 0 Å². The molecule has 17 heavy (non-hydrogen) atoms. The molecule has 0 aromatic heterocycles. The van der Waals surface area contributed by atoms with E-state index in [1.165, 1.54) is 45.6 Å². The van der Waals surface area contributed by atoms with Gasteiger partial charge in [0.05, 0.1) is 6.67 Å². The molecule has 2 fully saturated rings. The molecular formula is C13H28N4. The van der Waals surface area contributed by atoms with Gasteiger partial charge in [0.1, 0.15) is 0 Å². The molecule has 0 aliphatic carbocycles. The second kappa shape index (κ2) is 6.69. The highest BCUT2D eigenvalue weighted by atomic mass is 15.3. The van der Waals surface area contributed by atoms with Crippen molar-refractivity contribution in [2.24, 2.45) is 5.92 Å². The van der Waals surface area contributed by atoms with Gasteiger partial charge in [0.25, 0.3) is 0 Å². The molecule has 0 bridgehead atoms. The molecule has 1 unspecified atom stereocenters. The Morgan fingerprint density at radius 2 is 2.00 bits per heavy atom. The van der Waals surface area contributed by atoms with Crippen LogP contribution in [0.15, 0.2) is 0 Å². The van der Waals surface area contributed by atoms with Crippen molar-refractivity contribution in [3.8, 4) is 0 Å². The van der Waals surface area contributed by atoms with Gasteiger partial charge in [-0.25, -0.2) is 0 Å². The van der Waals surface area contributed by atoms with Gasteiger partial charge in [-0.15, -0.1) is 0 Å². The van der Waals surface area contributed by atoms with E-state index in [2.05, 4.69) is 34.1 Å². The van der Waals surface area contributed by atoms with Crippen LogP contribution in [0.1, 0.15) is 12.8 Å². The normalized spacial score (nSPS) is 28.8. The summed E-state index contributed by atoms with van der Waals surface area (Å²) in [5.41, 5.74) is 0. The molecule has 0 radical (unpaired) electrons. The van der Waals surface area contributed by atoms with Gasteiger partial charge in [0.2, 0.25) is 0 Å². The van der Waals surface area contributed by atoms with Crippen molar-refractivity contribution < 1.29 is 0 Å². The van der Waals surface area contributed by atoms with E-state index in [-0.39, 0.29) is 0 Å². The summed E-state index contributed by atoms with van der Waals surface area (Å²) in [5, 5.41) is 3.41. The lowest BCUT2D eigenvalue weighted by molar-refractivity contribution is 0.105. The van der Waals surface area contributed by atoms with E-state index in [0.29, 0.717) is 0 Å². The molecule has 0 spiro atoms. The van der Waals surface area contributed by atoms with Gasteiger partial charge >= 0.3 is 0 Å². The first-order chi connectivity index (χ1) is 8.24. The highest BCUT2D eigenvalue weighted by Crippen LogP contribution is 2.15. The number of hydrogen-bond acceptors (Lipinski definition) is 4. The fourth-order valence-corrected chi connectivity index (χ4v) is 3.11. The van der Waals surface area contributed by atoms with Crippen LogP contribution in [-0.2, 0) is 0 Å². The topological polar surface area (TPSA) is 21.8 Å². The number of hydrogen-bond donors (Lipinski definition) is 1. The van der Waals surface area contributed by atoms with Crippen molar-refractivity contribution >= 4 is 0 Å². The molecule has 0 amide bonds. The lowest BCUT2D eigenvalue weighted by atomic mass is 9.98. The summed E-state index contributed by atoms with van der Waals surface area (Å²) in [5.74, 6) is 0.877. The molecule has 4 nitrogen and oxygen atoms in total. The maximum Gasteiger partial charge on any atom is 0.0504 e. The standard InChI is InChI=1S/C13H28N4/c1-15-7-3-4-13(10-15)11-16(2)12-17-8-5-14-6-9-17/h13-14H,3-12H2,1-2H3. The van der Waals surface area contributed by atoms with Gasteiger partial charge in [-0.1, -0.05) is 0 Å². The summed E-state index contributed by atoms with van der Waals surface area (Å²) < 4.78 is 0. The number of piperidine rings is 1. The van der Waals surface area contributed by atoms with Crippen LogP contribution in [0.25, 0.3) is 0 Å². The quantitative estimate of drug-likeness (QED) is 0.753. The lowest BCUT2D eigenvalue weighted by Crippen LogP contribution is -2.48. The van der Waals surface area contributed by atoms with Crippen LogP contribution >= 0.6 is 0 Å². The van der Waals surface area contributed by atoms with Crippen molar-refractivity contribution in [1.82, 2.24) is 20.0 Å². The van der Waals surface area contributed by atoms with Crippen molar-refractivity contribution in [2.75, 3.05) is 66.6 Å². The van der Waals surface area contributed by atoms with Crippen LogP contribution in [0.2, 0.25) is 0 Å². The van der Waals surface area contributed by atoms with Crippen LogP contribution < -0.4 is 5.32 Å². The Labute approximate surface area is 106 Å². The Bertz CT molecular complexity index is 215. The fourth-order valence-electron chi connectivity index (χ4n) is 3.11. The van der Waals surface area contributed by atoms with Crippen molar-refractivity contribution in [2.45, 2.75) is 12.8 Å². The third-order valence-corrected chi connectivity index (χ3v) is 3.94. The average Bonchev–Trinajstić information content (AvgIpc) is 2.30. The van der Waals surface area contributed by atoms with E-state index in [1.807, 2.05) is 0 Å². The largest absolute Gasteiger partial charge is 0.314 e. The summed E-state index contributed by atoms with van der Waals surface area (Å²) in [4.78, 5) is 7.55. The molecule has 2 rings (SSSR count). The molecule has 2 aliphatic rings.